The number of phenols is 1. The first kappa shape index (κ1) is 17.0. The zero-order chi connectivity index (χ0) is 18.3. The summed E-state index contributed by atoms with van der Waals surface area (Å²) in [5.74, 6) is 1.35. The number of benzene rings is 1. The number of rotatable bonds is 4. The van der Waals surface area contributed by atoms with Crippen LogP contribution in [0.3, 0.4) is 0 Å². The van der Waals surface area contributed by atoms with Crippen LogP contribution < -0.4 is 10.9 Å². The van der Waals surface area contributed by atoms with Gasteiger partial charge in [0.25, 0.3) is 5.56 Å². The minimum Gasteiger partial charge on any atom is -0.507 e. The number of likely N-dealkylation sites (tertiary alicyclic amines) is 1. The van der Waals surface area contributed by atoms with Crippen LogP contribution in [-0.4, -0.2) is 50.9 Å². The van der Waals surface area contributed by atoms with E-state index in [1.54, 1.807) is 13.1 Å². The van der Waals surface area contributed by atoms with Gasteiger partial charge in [0.1, 0.15) is 5.75 Å². The van der Waals surface area contributed by atoms with Gasteiger partial charge in [-0.05, 0) is 62.9 Å². The summed E-state index contributed by atoms with van der Waals surface area (Å²) >= 11 is 0. The monoisotopic (exact) mass is 355 g/mol. The fraction of sp³-hybridized carbons (Fsp3) is 0.526. The van der Waals surface area contributed by atoms with Gasteiger partial charge < -0.3 is 15.3 Å². The maximum Gasteiger partial charge on any atom is 0.296 e. The Kier molecular flexibility index (Phi) is 4.40. The Morgan fingerprint density at radius 1 is 1.19 bits per heavy atom. The van der Waals surface area contributed by atoms with E-state index in [1.807, 2.05) is 12.1 Å². The molecule has 1 saturated carbocycles. The Balaban J connectivity index is 1.60. The number of nitrogens with one attached hydrogen (secondary N) is 1. The molecule has 2 fully saturated rings. The van der Waals surface area contributed by atoms with Gasteiger partial charge in [0.2, 0.25) is 5.82 Å². The molecular weight excluding hydrogens is 330 g/mol. The van der Waals surface area contributed by atoms with E-state index in [0.717, 1.165) is 31.5 Å². The molecule has 2 aromatic rings. The molecule has 0 bridgehead atoms. The average molecular weight is 355 g/mol. The van der Waals surface area contributed by atoms with E-state index >= 15 is 0 Å². The Bertz CT molecular complexity index is 875. The number of aromatic nitrogens is 3. The Hall–Kier alpha value is -2.41. The second-order valence-corrected chi connectivity index (χ2v) is 7.53. The van der Waals surface area contributed by atoms with Crippen LogP contribution in [0.2, 0.25) is 0 Å². The van der Waals surface area contributed by atoms with Crippen molar-refractivity contribution in [3.63, 3.8) is 0 Å². The third-order valence-electron chi connectivity index (χ3n) is 5.35. The lowest BCUT2D eigenvalue weighted by molar-refractivity contribution is 0.260. The number of likely N-dealkylation sites (N-methyl/N-ethyl adjacent to an activating group) is 1. The summed E-state index contributed by atoms with van der Waals surface area (Å²) in [5.41, 5.74) is 1.45. The van der Waals surface area contributed by atoms with E-state index in [0.29, 0.717) is 17.3 Å². The molecule has 0 radical (unpaired) electrons. The van der Waals surface area contributed by atoms with Crippen molar-refractivity contribution in [3.05, 3.63) is 34.1 Å². The van der Waals surface area contributed by atoms with Gasteiger partial charge in [-0.3, -0.25) is 9.36 Å². The standard InChI is InChI=1S/C19H25N5O2/c1-23-9-3-4-14(11-23)20-17-19(26)24(2)18(22-21-17)15-8-7-13(10-16(15)25)12-5-6-12/h7-8,10,12,14,25H,3-6,9,11H2,1-2H3,(H,20,21)/t14-/m1/s1. The second kappa shape index (κ2) is 6.72. The lowest BCUT2D eigenvalue weighted by Gasteiger charge is -2.30. The van der Waals surface area contributed by atoms with Crippen LogP contribution >= 0.6 is 0 Å². The molecule has 0 unspecified atom stereocenters. The van der Waals surface area contributed by atoms with Crippen LogP contribution in [-0.2, 0) is 7.05 Å². The van der Waals surface area contributed by atoms with E-state index in [1.165, 1.54) is 17.4 Å². The first-order chi connectivity index (χ1) is 12.5. The molecule has 2 aliphatic rings. The SMILES string of the molecule is CN1CCC[C@@H](Nc2nnc(-c3ccc(C4CC4)cc3O)n(C)c2=O)C1. The van der Waals surface area contributed by atoms with Crippen molar-refractivity contribution >= 4 is 5.82 Å². The number of aromatic hydroxyl groups is 1. The fourth-order valence-electron chi connectivity index (χ4n) is 3.67. The molecule has 2 heterocycles. The molecule has 0 amide bonds. The molecule has 2 N–H and O–H groups in total. The lowest BCUT2D eigenvalue weighted by Crippen LogP contribution is -2.41. The van der Waals surface area contributed by atoms with Crippen molar-refractivity contribution in [2.24, 2.45) is 7.05 Å². The number of piperidine rings is 1. The van der Waals surface area contributed by atoms with E-state index in [2.05, 4.69) is 27.5 Å². The minimum absolute atomic E-state index is 0.147. The smallest absolute Gasteiger partial charge is 0.296 e. The van der Waals surface area contributed by atoms with E-state index in [9.17, 15) is 9.90 Å². The van der Waals surface area contributed by atoms with E-state index in [-0.39, 0.29) is 23.2 Å². The van der Waals surface area contributed by atoms with Crippen molar-refractivity contribution in [1.29, 1.82) is 0 Å². The van der Waals surface area contributed by atoms with Crippen LogP contribution in [0.15, 0.2) is 23.0 Å². The average Bonchev–Trinajstić information content (AvgIpc) is 3.45. The summed E-state index contributed by atoms with van der Waals surface area (Å²) in [6.45, 7) is 1.97. The van der Waals surface area contributed by atoms with Gasteiger partial charge in [0.05, 0.1) is 5.56 Å². The van der Waals surface area contributed by atoms with Crippen LogP contribution in [0.4, 0.5) is 5.82 Å². The third kappa shape index (κ3) is 3.31. The topological polar surface area (TPSA) is 83.3 Å². The Morgan fingerprint density at radius 3 is 2.69 bits per heavy atom. The highest BCUT2D eigenvalue weighted by Gasteiger charge is 2.25. The van der Waals surface area contributed by atoms with Gasteiger partial charge in [0.15, 0.2) is 5.82 Å². The normalized spacial score (nSPS) is 20.9. The van der Waals surface area contributed by atoms with E-state index < -0.39 is 0 Å². The quantitative estimate of drug-likeness (QED) is 0.872. The van der Waals surface area contributed by atoms with Gasteiger partial charge in [-0.25, -0.2) is 0 Å². The second-order valence-electron chi connectivity index (χ2n) is 7.53. The number of nitrogens with zero attached hydrogens (tertiary/aromatic N) is 4. The number of anilines is 1. The largest absolute Gasteiger partial charge is 0.507 e. The van der Waals surface area contributed by atoms with Gasteiger partial charge in [-0.2, -0.15) is 0 Å². The summed E-state index contributed by atoms with van der Waals surface area (Å²) in [6.07, 6.45) is 4.46. The number of hydrogen-bond acceptors (Lipinski definition) is 6. The highest BCUT2D eigenvalue weighted by atomic mass is 16.3. The summed E-state index contributed by atoms with van der Waals surface area (Å²) in [6, 6.07) is 5.81. The van der Waals surface area contributed by atoms with Crippen molar-refractivity contribution in [2.45, 2.75) is 37.6 Å². The van der Waals surface area contributed by atoms with Crippen LogP contribution in [0.25, 0.3) is 11.4 Å². The fourth-order valence-corrected chi connectivity index (χ4v) is 3.67. The highest BCUT2D eigenvalue weighted by molar-refractivity contribution is 5.65. The summed E-state index contributed by atoms with van der Waals surface area (Å²) in [4.78, 5) is 15.0. The zero-order valence-electron chi connectivity index (χ0n) is 15.3. The van der Waals surface area contributed by atoms with Crippen LogP contribution in [0.1, 0.15) is 37.2 Å². The molecule has 4 rings (SSSR count). The third-order valence-corrected chi connectivity index (χ3v) is 5.35. The Labute approximate surface area is 152 Å². The molecular formula is C19H25N5O2. The molecule has 1 aliphatic carbocycles. The summed E-state index contributed by atoms with van der Waals surface area (Å²) in [7, 11) is 3.74. The van der Waals surface area contributed by atoms with E-state index in [4.69, 9.17) is 0 Å². The summed E-state index contributed by atoms with van der Waals surface area (Å²) < 4.78 is 1.45. The summed E-state index contributed by atoms with van der Waals surface area (Å²) in [5, 5.41) is 22.0. The molecule has 1 atom stereocenters. The van der Waals surface area contributed by atoms with Gasteiger partial charge in [-0.1, -0.05) is 6.07 Å². The molecule has 138 valence electrons. The van der Waals surface area contributed by atoms with Crippen molar-refractivity contribution < 1.29 is 5.11 Å². The van der Waals surface area contributed by atoms with Gasteiger partial charge in [0, 0.05) is 19.6 Å². The molecule has 0 spiro atoms. The maximum absolute atomic E-state index is 12.7. The Morgan fingerprint density at radius 2 is 2.00 bits per heavy atom. The highest BCUT2D eigenvalue weighted by Crippen LogP contribution is 2.42. The molecule has 7 heteroatoms. The minimum atomic E-state index is -0.228. The van der Waals surface area contributed by atoms with Crippen molar-refractivity contribution in [3.8, 4) is 17.1 Å². The predicted octanol–water partition coefficient (Wildman–Crippen LogP) is 1.93. The van der Waals surface area contributed by atoms with Gasteiger partial charge >= 0.3 is 0 Å². The maximum atomic E-state index is 12.7. The van der Waals surface area contributed by atoms with Crippen molar-refractivity contribution in [2.75, 3.05) is 25.5 Å². The molecule has 1 aromatic heterocycles. The molecule has 1 saturated heterocycles. The van der Waals surface area contributed by atoms with Gasteiger partial charge in [-0.15, -0.1) is 10.2 Å². The lowest BCUT2D eigenvalue weighted by atomic mass is 10.1. The molecule has 26 heavy (non-hydrogen) atoms. The molecule has 7 nitrogen and oxygen atoms in total. The first-order valence-electron chi connectivity index (χ1n) is 9.25. The molecule has 1 aliphatic heterocycles. The number of hydrogen-bond donors (Lipinski definition) is 2. The van der Waals surface area contributed by atoms with Crippen LogP contribution in [0, 0.1) is 0 Å². The van der Waals surface area contributed by atoms with Crippen molar-refractivity contribution in [1.82, 2.24) is 19.7 Å². The van der Waals surface area contributed by atoms with Crippen LogP contribution in [0.5, 0.6) is 5.75 Å². The first-order valence-corrected chi connectivity index (χ1v) is 9.25. The predicted molar refractivity (Wildman–Crippen MR) is 100 cm³/mol. The number of phenolic OH excluding ortho intramolecular Hbond substituents is 1. The molecule has 1 aromatic carbocycles. The zero-order valence-corrected chi connectivity index (χ0v) is 15.3.